The second kappa shape index (κ2) is 5.21. The quantitative estimate of drug-likeness (QED) is 0.795. The largest absolute Gasteiger partial charge is 0.365 e. The Morgan fingerprint density at radius 3 is 2.58 bits per heavy atom. The molecule has 0 amide bonds. The Morgan fingerprint density at radius 1 is 1.16 bits per heavy atom. The van der Waals surface area contributed by atoms with E-state index in [1.807, 2.05) is 0 Å². The highest BCUT2D eigenvalue weighted by molar-refractivity contribution is 5.49. The Labute approximate surface area is 114 Å². The van der Waals surface area contributed by atoms with Gasteiger partial charge in [-0.15, -0.1) is 0 Å². The van der Waals surface area contributed by atoms with E-state index in [9.17, 15) is 9.65 Å². The summed E-state index contributed by atoms with van der Waals surface area (Å²) in [6, 6.07) is 8.97. The van der Waals surface area contributed by atoms with Crippen LogP contribution in [0.1, 0.15) is 46.0 Å². The molecule has 2 rings (SSSR count). The van der Waals surface area contributed by atoms with Gasteiger partial charge in [-0.2, -0.15) is 5.26 Å². The fourth-order valence-electron chi connectivity index (χ4n) is 2.76. The first-order valence-electron chi connectivity index (χ1n) is 6.90. The lowest BCUT2D eigenvalue weighted by Gasteiger charge is -2.28. The summed E-state index contributed by atoms with van der Waals surface area (Å²) >= 11 is 0. The van der Waals surface area contributed by atoms with Gasteiger partial charge >= 0.3 is 0 Å². The van der Waals surface area contributed by atoms with Gasteiger partial charge in [-0.05, 0) is 49.7 Å². The summed E-state index contributed by atoms with van der Waals surface area (Å²) in [5.74, 6) is -0.291. The monoisotopic (exact) mass is 260 g/mol. The molecule has 0 bridgehead atoms. The standard InChI is InChI=1S/C16H21FN2/c1-15(2)8-5-9-16(12-18,11-10-15)19-14-7-4-3-6-13(14)17/h3-4,6-7,19H,5,8-11H2,1-2H3. The zero-order valence-corrected chi connectivity index (χ0v) is 11.7. The lowest BCUT2D eigenvalue weighted by molar-refractivity contribution is 0.310. The molecule has 1 N–H and O–H groups in total. The molecule has 0 saturated heterocycles. The van der Waals surface area contributed by atoms with Crippen LogP contribution >= 0.6 is 0 Å². The normalized spacial score (nSPS) is 26.2. The van der Waals surface area contributed by atoms with Crippen LogP contribution < -0.4 is 5.32 Å². The molecule has 1 aromatic carbocycles. The molecule has 1 fully saturated rings. The molecular formula is C16H21FN2. The third-order valence-corrected chi connectivity index (χ3v) is 4.15. The maximum atomic E-state index is 13.7. The topological polar surface area (TPSA) is 35.8 Å². The number of hydrogen-bond acceptors (Lipinski definition) is 2. The predicted molar refractivity (Wildman–Crippen MR) is 75.2 cm³/mol. The minimum absolute atomic E-state index is 0.273. The highest BCUT2D eigenvalue weighted by Crippen LogP contribution is 2.39. The summed E-state index contributed by atoms with van der Waals surface area (Å²) in [5.41, 5.74) is 0.0784. The summed E-state index contributed by atoms with van der Waals surface area (Å²) in [6.45, 7) is 4.48. The Hall–Kier alpha value is -1.56. The van der Waals surface area contributed by atoms with Crippen LogP contribution in [0.3, 0.4) is 0 Å². The molecule has 0 aliphatic heterocycles. The smallest absolute Gasteiger partial charge is 0.146 e. The van der Waals surface area contributed by atoms with Crippen molar-refractivity contribution in [1.29, 1.82) is 5.26 Å². The van der Waals surface area contributed by atoms with Gasteiger partial charge in [0.05, 0.1) is 11.8 Å². The molecule has 0 aromatic heterocycles. The highest BCUT2D eigenvalue weighted by Gasteiger charge is 2.36. The van der Waals surface area contributed by atoms with Gasteiger partial charge in [0.1, 0.15) is 11.4 Å². The van der Waals surface area contributed by atoms with Crippen molar-refractivity contribution in [1.82, 2.24) is 0 Å². The van der Waals surface area contributed by atoms with Crippen LogP contribution in [0.2, 0.25) is 0 Å². The third-order valence-electron chi connectivity index (χ3n) is 4.15. The molecule has 0 radical (unpaired) electrons. The van der Waals surface area contributed by atoms with E-state index in [1.165, 1.54) is 6.07 Å². The molecule has 1 aromatic rings. The first-order chi connectivity index (χ1) is 8.96. The van der Waals surface area contributed by atoms with E-state index in [-0.39, 0.29) is 11.2 Å². The van der Waals surface area contributed by atoms with Gasteiger partial charge in [-0.25, -0.2) is 4.39 Å². The maximum absolute atomic E-state index is 13.7. The van der Waals surface area contributed by atoms with Gasteiger partial charge in [0.2, 0.25) is 0 Å². The molecular weight excluding hydrogens is 239 g/mol. The third kappa shape index (κ3) is 3.26. The van der Waals surface area contributed by atoms with Gasteiger partial charge in [-0.3, -0.25) is 0 Å². The minimum atomic E-state index is -0.629. The van der Waals surface area contributed by atoms with Crippen molar-refractivity contribution in [3.8, 4) is 6.07 Å². The molecule has 2 nitrogen and oxygen atoms in total. The lowest BCUT2D eigenvalue weighted by atomic mass is 9.84. The van der Waals surface area contributed by atoms with Crippen molar-refractivity contribution in [2.24, 2.45) is 5.41 Å². The number of anilines is 1. The molecule has 1 unspecified atom stereocenters. The van der Waals surface area contributed by atoms with Crippen molar-refractivity contribution < 1.29 is 4.39 Å². The molecule has 1 aliphatic carbocycles. The number of nitrogens with zero attached hydrogens (tertiary/aromatic N) is 1. The molecule has 1 aliphatic rings. The van der Waals surface area contributed by atoms with Crippen LogP contribution in [-0.4, -0.2) is 5.54 Å². The summed E-state index contributed by atoms with van der Waals surface area (Å²) in [7, 11) is 0. The first kappa shape index (κ1) is 13.9. The SMILES string of the molecule is CC1(C)CCCC(C#N)(Nc2ccccc2F)CC1. The predicted octanol–water partition coefficient (Wildman–Crippen LogP) is 4.49. The van der Waals surface area contributed by atoms with Gasteiger partial charge in [0.25, 0.3) is 0 Å². The average molecular weight is 260 g/mol. The van der Waals surface area contributed by atoms with Crippen LogP contribution in [0, 0.1) is 22.6 Å². The molecule has 0 heterocycles. The molecule has 0 spiro atoms. The molecule has 19 heavy (non-hydrogen) atoms. The Balaban J connectivity index is 2.20. The average Bonchev–Trinajstić information content (AvgIpc) is 2.52. The second-order valence-electron chi connectivity index (χ2n) is 6.32. The fourth-order valence-corrected chi connectivity index (χ4v) is 2.76. The number of nitrogens with one attached hydrogen (secondary N) is 1. The number of benzene rings is 1. The minimum Gasteiger partial charge on any atom is -0.365 e. The first-order valence-corrected chi connectivity index (χ1v) is 6.90. The van der Waals surface area contributed by atoms with E-state index in [1.54, 1.807) is 18.2 Å². The maximum Gasteiger partial charge on any atom is 0.146 e. The van der Waals surface area contributed by atoms with E-state index in [0.717, 1.165) is 32.1 Å². The summed E-state index contributed by atoms with van der Waals surface area (Å²) in [6.07, 6.45) is 4.66. The van der Waals surface area contributed by atoms with Crippen LogP contribution in [-0.2, 0) is 0 Å². The van der Waals surface area contributed by atoms with E-state index >= 15 is 0 Å². The van der Waals surface area contributed by atoms with E-state index in [0.29, 0.717) is 5.69 Å². The molecule has 1 atom stereocenters. The number of nitriles is 1. The van der Waals surface area contributed by atoms with Crippen LogP contribution in [0.4, 0.5) is 10.1 Å². The fraction of sp³-hybridized carbons (Fsp3) is 0.562. The van der Waals surface area contributed by atoms with Gasteiger partial charge < -0.3 is 5.32 Å². The number of para-hydroxylation sites is 1. The molecule has 1 saturated carbocycles. The van der Waals surface area contributed by atoms with Crippen molar-refractivity contribution in [3.63, 3.8) is 0 Å². The summed E-state index contributed by atoms with van der Waals surface area (Å²) in [5, 5.41) is 12.7. The zero-order valence-electron chi connectivity index (χ0n) is 11.7. The van der Waals surface area contributed by atoms with E-state index in [4.69, 9.17) is 0 Å². The molecule has 3 heteroatoms. The summed E-state index contributed by atoms with van der Waals surface area (Å²) in [4.78, 5) is 0. The van der Waals surface area contributed by atoms with Crippen molar-refractivity contribution in [2.75, 3.05) is 5.32 Å². The van der Waals surface area contributed by atoms with Crippen molar-refractivity contribution in [2.45, 2.75) is 51.5 Å². The van der Waals surface area contributed by atoms with Crippen molar-refractivity contribution in [3.05, 3.63) is 30.1 Å². The van der Waals surface area contributed by atoms with Crippen LogP contribution in [0.25, 0.3) is 0 Å². The number of hydrogen-bond donors (Lipinski definition) is 1. The summed E-state index contributed by atoms with van der Waals surface area (Å²) < 4.78 is 13.7. The second-order valence-corrected chi connectivity index (χ2v) is 6.32. The zero-order chi connectivity index (χ0) is 13.9. The Morgan fingerprint density at radius 2 is 1.89 bits per heavy atom. The lowest BCUT2D eigenvalue weighted by Crippen LogP contribution is -2.36. The van der Waals surface area contributed by atoms with E-state index < -0.39 is 5.54 Å². The van der Waals surface area contributed by atoms with Gasteiger partial charge in [0.15, 0.2) is 0 Å². The Kier molecular flexibility index (Phi) is 3.80. The number of rotatable bonds is 2. The van der Waals surface area contributed by atoms with Crippen LogP contribution in [0.5, 0.6) is 0 Å². The van der Waals surface area contributed by atoms with Crippen molar-refractivity contribution >= 4 is 5.69 Å². The van der Waals surface area contributed by atoms with E-state index in [2.05, 4.69) is 25.2 Å². The van der Waals surface area contributed by atoms with Crippen LogP contribution in [0.15, 0.2) is 24.3 Å². The highest BCUT2D eigenvalue weighted by atomic mass is 19.1. The number of halogens is 1. The van der Waals surface area contributed by atoms with Gasteiger partial charge in [0, 0.05) is 0 Å². The van der Waals surface area contributed by atoms with Gasteiger partial charge in [-0.1, -0.05) is 26.0 Å². The molecule has 102 valence electrons. The Bertz CT molecular complexity index is 490.